The lowest BCUT2D eigenvalue weighted by molar-refractivity contribution is -0.124. The highest BCUT2D eigenvalue weighted by Crippen LogP contribution is 2.17. The first-order valence-electron chi connectivity index (χ1n) is 7.83. The zero-order valence-corrected chi connectivity index (χ0v) is 13.0. The number of carbonyl (C=O) groups excluding carboxylic acids is 1. The van der Waals surface area contributed by atoms with E-state index in [4.69, 9.17) is 5.73 Å². The Morgan fingerprint density at radius 2 is 2.19 bits per heavy atom. The maximum Gasteiger partial charge on any atom is 0.237 e. The van der Waals surface area contributed by atoms with E-state index < -0.39 is 6.04 Å². The standard InChI is InChI=1S/C16H26N4O/c1-3-12(2)15(17)16(21)19-13-7-10-20(11-8-13)14-6-4-5-9-18-14/h4-6,9,12-13,15H,3,7-8,10-11,17H2,1-2H3,(H,19,21)/t12-,15-/m0/s1. The zero-order valence-electron chi connectivity index (χ0n) is 13.0. The molecule has 1 saturated heterocycles. The first-order chi connectivity index (χ1) is 10.1. The quantitative estimate of drug-likeness (QED) is 0.863. The number of nitrogens with one attached hydrogen (secondary N) is 1. The number of aromatic nitrogens is 1. The predicted octanol–water partition coefficient (Wildman–Crippen LogP) is 1.54. The summed E-state index contributed by atoms with van der Waals surface area (Å²) in [5, 5.41) is 3.09. The molecule has 2 rings (SSSR count). The monoisotopic (exact) mass is 290 g/mol. The molecular weight excluding hydrogens is 264 g/mol. The summed E-state index contributed by atoms with van der Waals surface area (Å²) in [5.41, 5.74) is 5.97. The Labute approximate surface area is 126 Å². The molecule has 0 aliphatic carbocycles. The number of hydrogen-bond donors (Lipinski definition) is 2. The van der Waals surface area contributed by atoms with E-state index in [1.807, 2.05) is 31.3 Å². The van der Waals surface area contributed by atoms with Crippen LogP contribution in [0.1, 0.15) is 33.1 Å². The van der Waals surface area contributed by atoms with E-state index >= 15 is 0 Å². The molecule has 5 heteroatoms. The van der Waals surface area contributed by atoms with Crippen LogP contribution < -0.4 is 16.0 Å². The summed E-state index contributed by atoms with van der Waals surface area (Å²) in [6.07, 6.45) is 4.62. The van der Waals surface area contributed by atoms with E-state index in [-0.39, 0.29) is 17.9 Å². The first-order valence-corrected chi connectivity index (χ1v) is 7.83. The Morgan fingerprint density at radius 1 is 1.48 bits per heavy atom. The van der Waals surface area contributed by atoms with Crippen LogP contribution in [0.2, 0.25) is 0 Å². The van der Waals surface area contributed by atoms with Gasteiger partial charge in [-0.25, -0.2) is 4.98 Å². The van der Waals surface area contributed by atoms with Crippen LogP contribution in [0, 0.1) is 5.92 Å². The van der Waals surface area contributed by atoms with Crippen molar-refractivity contribution < 1.29 is 4.79 Å². The molecule has 1 aromatic heterocycles. The highest BCUT2D eigenvalue weighted by atomic mass is 16.2. The van der Waals surface area contributed by atoms with Crippen molar-refractivity contribution in [3.05, 3.63) is 24.4 Å². The van der Waals surface area contributed by atoms with E-state index in [2.05, 4.69) is 22.1 Å². The van der Waals surface area contributed by atoms with Gasteiger partial charge in [0.25, 0.3) is 0 Å². The topological polar surface area (TPSA) is 71.2 Å². The van der Waals surface area contributed by atoms with Crippen molar-refractivity contribution in [3.63, 3.8) is 0 Å². The van der Waals surface area contributed by atoms with Crippen LogP contribution in [0.15, 0.2) is 24.4 Å². The van der Waals surface area contributed by atoms with Crippen molar-refractivity contribution in [3.8, 4) is 0 Å². The van der Waals surface area contributed by atoms with Crippen molar-refractivity contribution in [2.24, 2.45) is 11.7 Å². The third-order valence-corrected chi connectivity index (χ3v) is 4.37. The third-order valence-electron chi connectivity index (χ3n) is 4.37. The number of hydrogen-bond acceptors (Lipinski definition) is 4. The Bertz CT molecular complexity index is 443. The van der Waals surface area contributed by atoms with Crippen molar-refractivity contribution in [1.82, 2.24) is 10.3 Å². The molecule has 21 heavy (non-hydrogen) atoms. The number of amides is 1. The molecule has 1 aliphatic rings. The highest BCUT2D eigenvalue weighted by molar-refractivity contribution is 5.82. The number of piperidine rings is 1. The van der Waals surface area contributed by atoms with E-state index in [0.29, 0.717) is 0 Å². The van der Waals surface area contributed by atoms with Crippen molar-refractivity contribution >= 4 is 11.7 Å². The average molecular weight is 290 g/mol. The van der Waals surface area contributed by atoms with Crippen LogP contribution in [-0.2, 0) is 4.79 Å². The number of pyridine rings is 1. The molecule has 1 aliphatic heterocycles. The minimum absolute atomic E-state index is 0.0133. The van der Waals surface area contributed by atoms with Crippen molar-refractivity contribution in [2.45, 2.75) is 45.2 Å². The second-order valence-corrected chi connectivity index (χ2v) is 5.87. The van der Waals surface area contributed by atoms with Gasteiger partial charge in [-0.05, 0) is 30.9 Å². The summed E-state index contributed by atoms with van der Waals surface area (Å²) in [6, 6.07) is 5.78. The molecule has 1 fully saturated rings. The number of rotatable bonds is 5. The lowest BCUT2D eigenvalue weighted by atomic mass is 9.98. The summed E-state index contributed by atoms with van der Waals surface area (Å²) < 4.78 is 0. The molecule has 0 saturated carbocycles. The molecule has 0 radical (unpaired) electrons. The molecule has 1 amide bonds. The maximum atomic E-state index is 12.1. The molecule has 0 bridgehead atoms. The van der Waals surface area contributed by atoms with Gasteiger partial charge in [-0.2, -0.15) is 0 Å². The molecule has 116 valence electrons. The molecule has 5 nitrogen and oxygen atoms in total. The van der Waals surface area contributed by atoms with Gasteiger partial charge in [0.1, 0.15) is 5.82 Å². The smallest absolute Gasteiger partial charge is 0.237 e. The molecule has 2 heterocycles. The van der Waals surface area contributed by atoms with Gasteiger partial charge < -0.3 is 16.0 Å². The number of nitrogens with zero attached hydrogens (tertiary/aromatic N) is 2. The van der Waals surface area contributed by atoms with Gasteiger partial charge in [0.15, 0.2) is 0 Å². The van der Waals surface area contributed by atoms with E-state index in [0.717, 1.165) is 38.2 Å². The van der Waals surface area contributed by atoms with Gasteiger partial charge in [-0.1, -0.05) is 26.3 Å². The van der Waals surface area contributed by atoms with Crippen LogP contribution in [0.4, 0.5) is 5.82 Å². The van der Waals surface area contributed by atoms with Crippen LogP contribution in [0.25, 0.3) is 0 Å². The van der Waals surface area contributed by atoms with Gasteiger partial charge in [-0.3, -0.25) is 4.79 Å². The molecule has 0 aromatic carbocycles. The van der Waals surface area contributed by atoms with Crippen molar-refractivity contribution in [1.29, 1.82) is 0 Å². The van der Waals surface area contributed by atoms with Gasteiger partial charge in [0.05, 0.1) is 6.04 Å². The number of carbonyl (C=O) groups is 1. The fourth-order valence-corrected chi connectivity index (χ4v) is 2.60. The molecular formula is C16H26N4O. The average Bonchev–Trinajstić information content (AvgIpc) is 2.54. The number of nitrogens with two attached hydrogens (primary N) is 1. The van der Waals surface area contributed by atoms with Gasteiger partial charge in [0.2, 0.25) is 5.91 Å². The van der Waals surface area contributed by atoms with Crippen LogP contribution >= 0.6 is 0 Å². The number of anilines is 1. The summed E-state index contributed by atoms with van der Waals surface area (Å²) in [7, 11) is 0. The minimum Gasteiger partial charge on any atom is -0.356 e. The molecule has 1 aromatic rings. The van der Waals surface area contributed by atoms with E-state index in [1.54, 1.807) is 0 Å². The Morgan fingerprint density at radius 3 is 2.76 bits per heavy atom. The van der Waals surface area contributed by atoms with E-state index in [1.165, 1.54) is 0 Å². The first kappa shape index (κ1) is 15.8. The Balaban J connectivity index is 1.80. The normalized spacial score (nSPS) is 19.1. The van der Waals surface area contributed by atoms with E-state index in [9.17, 15) is 4.79 Å². The van der Waals surface area contributed by atoms with Crippen molar-refractivity contribution in [2.75, 3.05) is 18.0 Å². The molecule has 2 atom stereocenters. The van der Waals surface area contributed by atoms with Gasteiger partial charge >= 0.3 is 0 Å². The fraction of sp³-hybridized carbons (Fsp3) is 0.625. The lowest BCUT2D eigenvalue weighted by Crippen LogP contribution is -2.51. The van der Waals surface area contributed by atoms with Gasteiger partial charge in [-0.15, -0.1) is 0 Å². The van der Waals surface area contributed by atoms with Crippen LogP contribution in [0.5, 0.6) is 0 Å². The van der Waals surface area contributed by atoms with Crippen LogP contribution in [-0.4, -0.2) is 36.1 Å². The second kappa shape index (κ2) is 7.41. The minimum atomic E-state index is -0.399. The summed E-state index contributed by atoms with van der Waals surface area (Å²) in [5.74, 6) is 1.22. The fourth-order valence-electron chi connectivity index (χ4n) is 2.60. The third kappa shape index (κ3) is 4.17. The SMILES string of the molecule is CC[C@H](C)[C@H](N)C(=O)NC1CCN(c2ccccn2)CC1. The molecule has 3 N–H and O–H groups in total. The largest absolute Gasteiger partial charge is 0.356 e. The summed E-state index contributed by atoms with van der Waals surface area (Å²) in [6.45, 7) is 5.91. The molecule has 0 spiro atoms. The second-order valence-electron chi connectivity index (χ2n) is 5.87. The molecule has 0 unspecified atom stereocenters. The predicted molar refractivity (Wildman–Crippen MR) is 85.0 cm³/mol. The maximum absolute atomic E-state index is 12.1. The lowest BCUT2D eigenvalue weighted by Gasteiger charge is -2.33. The van der Waals surface area contributed by atoms with Crippen LogP contribution in [0.3, 0.4) is 0 Å². The zero-order chi connectivity index (χ0) is 15.2. The Kier molecular flexibility index (Phi) is 5.56. The van der Waals surface area contributed by atoms with Gasteiger partial charge in [0, 0.05) is 25.3 Å². The summed E-state index contributed by atoms with van der Waals surface area (Å²) in [4.78, 5) is 18.7. The highest BCUT2D eigenvalue weighted by Gasteiger charge is 2.25. The summed E-state index contributed by atoms with van der Waals surface area (Å²) >= 11 is 0. The Hall–Kier alpha value is -1.62.